The van der Waals surface area contributed by atoms with Gasteiger partial charge in [0.15, 0.2) is 0 Å². The van der Waals surface area contributed by atoms with E-state index < -0.39 is 0 Å². The Morgan fingerprint density at radius 2 is 2.33 bits per heavy atom. The van der Waals surface area contributed by atoms with Crippen LogP contribution in [0.1, 0.15) is 19.4 Å². The Bertz CT molecular complexity index is 341. The largest absolute Gasteiger partial charge is 0.380 e. The SMILES string of the molecule is C#Cc1cccc(NC(C)COCC)c1. The Morgan fingerprint density at radius 1 is 1.53 bits per heavy atom. The van der Waals surface area contributed by atoms with Gasteiger partial charge in [0.25, 0.3) is 0 Å². The molecule has 1 atom stereocenters. The number of nitrogens with one attached hydrogen (secondary N) is 1. The molecule has 1 unspecified atom stereocenters. The second-order valence-corrected chi connectivity index (χ2v) is 3.43. The third-order valence-corrected chi connectivity index (χ3v) is 2.01. The molecule has 0 bridgehead atoms. The molecule has 0 aliphatic carbocycles. The summed E-state index contributed by atoms with van der Waals surface area (Å²) in [6.45, 7) is 5.52. The molecule has 2 heteroatoms. The molecule has 0 fully saturated rings. The first-order valence-corrected chi connectivity index (χ1v) is 5.17. The quantitative estimate of drug-likeness (QED) is 0.742. The van der Waals surface area contributed by atoms with Crippen LogP contribution in [0.5, 0.6) is 0 Å². The molecule has 0 radical (unpaired) electrons. The molecule has 15 heavy (non-hydrogen) atoms. The van der Waals surface area contributed by atoms with Crippen LogP contribution in [-0.4, -0.2) is 19.3 Å². The Hall–Kier alpha value is -1.46. The summed E-state index contributed by atoms with van der Waals surface area (Å²) >= 11 is 0. The Kier molecular flexibility index (Phi) is 4.73. The predicted octanol–water partition coefficient (Wildman–Crippen LogP) is 2.50. The Labute approximate surface area is 91.6 Å². The molecule has 80 valence electrons. The van der Waals surface area contributed by atoms with Crippen LogP contribution < -0.4 is 5.32 Å². The number of anilines is 1. The van der Waals surface area contributed by atoms with Gasteiger partial charge in [-0.05, 0) is 32.0 Å². The van der Waals surface area contributed by atoms with Crippen molar-refractivity contribution < 1.29 is 4.74 Å². The van der Waals surface area contributed by atoms with Crippen LogP contribution in [0.4, 0.5) is 5.69 Å². The van der Waals surface area contributed by atoms with Crippen LogP contribution in [-0.2, 0) is 4.74 Å². The van der Waals surface area contributed by atoms with Gasteiger partial charge in [0.2, 0.25) is 0 Å². The lowest BCUT2D eigenvalue weighted by Gasteiger charge is -2.15. The van der Waals surface area contributed by atoms with Crippen molar-refractivity contribution in [3.63, 3.8) is 0 Å². The fourth-order valence-corrected chi connectivity index (χ4v) is 1.32. The second-order valence-electron chi connectivity index (χ2n) is 3.43. The zero-order valence-electron chi connectivity index (χ0n) is 9.29. The summed E-state index contributed by atoms with van der Waals surface area (Å²) in [6, 6.07) is 8.12. The van der Waals surface area contributed by atoms with E-state index in [0.717, 1.165) is 17.9 Å². The van der Waals surface area contributed by atoms with Crippen LogP contribution in [0.3, 0.4) is 0 Å². The van der Waals surface area contributed by atoms with Crippen LogP contribution in [0, 0.1) is 12.3 Å². The average Bonchev–Trinajstić information content (AvgIpc) is 2.26. The number of ether oxygens (including phenoxy) is 1. The summed E-state index contributed by atoms with van der Waals surface area (Å²) in [5.74, 6) is 2.61. The molecule has 0 aliphatic heterocycles. The smallest absolute Gasteiger partial charge is 0.0664 e. The monoisotopic (exact) mass is 203 g/mol. The standard InChI is InChI=1S/C13H17NO/c1-4-12-7-6-8-13(9-12)14-11(3)10-15-5-2/h1,6-9,11,14H,5,10H2,2-3H3. The van der Waals surface area contributed by atoms with Gasteiger partial charge in [-0.15, -0.1) is 6.42 Å². The van der Waals surface area contributed by atoms with Crippen molar-refractivity contribution in [2.75, 3.05) is 18.5 Å². The summed E-state index contributed by atoms with van der Waals surface area (Å²) in [5.41, 5.74) is 1.93. The number of hydrogen-bond acceptors (Lipinski definition) is 2. The maximum atomic E-state index is 5.33. The van der Waals surface area contributed by atoms with E-state index in [-0.39, 0.29) is 6.04 Å². The van der Waals surface area contributed by atoms with Gasteiger partial charge in [0.1, 0.15) is 0 Å². The van der Waals surface area contributed by atoms with Crippen LogP contribution in [0.25, 0.3) is 0 Å². The molecule has 0 aromatic heterocycles. The first kappa shape index (κ1) is 11.6. The van der Waals surface area contributed by atoms with Gasteiger partial charge in [0, 0.05) is 23.9 Å². The van der Waals surface area contributed by atoms with Gasteiger partial charge in [0.05, 0.1) is 6.61 Å². The van der Waals surface area contributed by atoms with Crippen LogP contribution in [0.15, 0.2) is 24.3 Å². The summed E-state index contributed by atoms with van der Waals surface area (Å²) in [6.07, 6.45) is 5.33. The zero-order valence-corrected chi connectivity index (χ0v) is 9.29. The van der Waals surface area contributed by atoms with Crippen LogP contribution >= 0.6 is 0 Å². The van der Waals surface area contributed by atoms with Gasteiger partial charge >= 0.3 is 0 Å². The summed E-state index contributed by atoms with van der Waals surface area (Å²) < 4.78 is 5.32. The highest BCUT2D eigenvalue weighted by atomic mass is 16.5. The van der Waals surface area contributed by atoms with E-state index in [4.69, 9.17) is 11.2 Å². The number of hydrogen-bond donors (Lipinski definition) is 1. The molecular formula is C13H17NO. The number of benzene rings is 1. The summed E-state index contributed by atoms with van der Waals surface area (Å²) in [5, 5.41) is 3.33. The van der Waals surface area contributed by atoms with Gasteiger partial charge < -0.3 is 10.1 Å². The third-order valence-electron chi connectivity index (χ3n) is 2.01. The lowest BCUT2D eigenvalue weighted by Crippen LogP contribution is -2.21. The molecule has 1 aromatic carbocycles. The summed E-state index contributed by atoms with van der Waals surface area (Å²) in [7, 11) is 0. The van der Waals surface area contributed by atoms with Crippen molar-refractivity contribution in [3.05, 3.63) is 29.8 Å². The van der Waals surface area contributed by atoms with Crippen LogP contribution in [0.2, 0.25) is 0 Å². The molecule has 0 amide bonds. The van der Waals surface area contributed by atoms with Crippen molar-refractivity contribution in [3.8, 4) is 12.3 Å². The van der Waals surface area contributed by atoms with Crippen molar-refractivity contribution in [2.24, 2.45) is 0 Å². The van der Waals surface area contributed by atoms with E-state index in [1.54, 1.807) is 0 Å². The van der Waals surface area contributed by atoms with Crippen molar-refractivity contribution >= 4 is 5.69 Å². The van der Waals surface area contributed by atoms with Crippen molar-refractivity contribution in [1.82, 2.24) is 0 Å². The van der Waals surface area contributed by atoms with Gasteiger partial charge in [-0.2, -0.15) is 0 Å². The number of rotatable bonds is 5. The van der Waals surface area contributed by atoms with E-state index in [1.165, 1.54) is 0 Å². The molecule has 0 heterocycles. The van der Waals surface area contributed by atoms with Gasteiger partial charge in [-0.25, -0.2) is 0 Å². The predicted molar refractivity (Wildman–Crippen MR) is 64.0 cm³/mol. The topological polar surface area (TPSA) is 21.3 Å². The first-order chi connectivity index (χ1) is 7.26. The molecular weight excluding hydrogens is 186 g/mol. The maximum absolute atomic E-state index is 5.33. The van der Waals surface area contributed by atoms with Crippen molar-refractivity contribution in [2.45, 2.75) is 19.9 Å². The zero-order chi connectivity index (χ0) is 11.1. The highest BCUT2D eigenvalue weighted by Crippen LogP contribution is 2.10. The molecule has 1 aromatic rings. The van der Waals surface area contributed by atoms with E-state index in [0.29, 0.717) is 6.61 Å². The maximum Gasteiger partial charge on any atom is 0.0664 e. The fraction of sp³-hybridized carbons (Fsp3) is 0.385. The lowest BCUT2D eigenvalue weighted by atomic mass is 10.2. The Balaban J connectivity index is 2.53. The second kappa shape index (κ2) is 6.10. The van der Waals surface area contributed by atoms with E-state index >= 15 is 0 Å². The average molecular weight is 203 g/mol. The third kappa shape index (κ3) is 4.05. The number of terminal acetylenes is 1. The van der Waals surface area contributed by atoms with Crippen molar-refractivity contribution in [1.29, 1.82) is 0 Å². The molecule has 0 spiro atoms. The fourth-order valence-electron chi connectivity index (χ4n) is 1.32. The first-order valence-electron chi connectivity index (χ1n) is 5.17. The highest BCUT2D eigenvalue weighted by molar-refractivity contribution is 5.50. The molecule has 2 nitrogen and oxygen atoms in total. The Morgan fingerprint density at radius 3 is 3.00 bits per heavy atom. The molecule has 1 rings (SSSR count). The highest BCUT2D eigenvalue weighted by Gasteiger charge is 2.01. The minimum Gasteiger partial charge on any atom is -0.380 e. The lowest BCUT2D eigenvalue weighted by molar-refractivity contribution is 0.141. The van der Waals surface area contributed by atoms with Gasteiger partial charge in [-0.3, -0.25) is 0 Å². The normalized spacial score (nSPS) is 11.8. The van der Waals surface area contributed by atoms with E-state index in [9.17, 15) is 0 Å². The molecule has 0 saturated carbocycles. The summed E-state index contributed by atoms with van der Waals surface area (Å²) in [4.78, 5) is 0. The van der Waals surface area contributed by atoms with E-state index in [1.807, 2.05) is 31.2 Å². The van der Waals surface area contributed by atoms with E-state index in [2.05, 4.69) is 18.2 Å². The molecule has 0 aliphatic rings. The molecule has 0 saturated heterocycles. The minimum absolute atomic E-state index is 0.290. The molecule has 1 N–H and O–H groups in total. The van der Waals surface area contributed by atoms with Gasteiger partial charge in [-0.1, -0.05) is 12.0 Å². The minimum atomic E-state index is 0.290.